The second-order valence-electron chi connectivity index (χ2n) is 6.87. The molecule has 0 aliphatic rings. The van der Waals surface area contributed by atoms with Crippen molar-refractivity contribution in [2.45, 2.75) is 18.1 Å². The second-order valence-corrected chi connectivity index (χ2v) is 7.81. The zero-order chi connectivity index (χ0) is 23.3. The van der Waals surface area contributed by atoms with Gasteiger partial charge in [-0.2, -0.15) is 0 Å². The first kappa shape index (κ1) is 23.2. The Morgan fingerprint density at radius 2 is 2.03 bits per heavy atom. The molecule has 168 valence electrons. The van der Waals surface area contributed by atoms with E-state index in [1.807, 2.05) is 6.92 Å². The lowest BCUT2D eigenvalue weighted by Crippen LogP contribution is -2.29. The van der Waals surface area contributed by atoms with Crippen LogP contribution >= 0.6 is 11.8 Å². The molecule has 0 bridgehead atoms. The number of rotatable bonds is 9. The van der Waals surface area contributed by atoms with Crippen LogP contribution in [-0.4, -0.2) is 47.0 Å². The van der Waals surface area contributed by atoms with Crippen LogP contribution < -0.4 is 15.6 Å². The fourth-order valence-electron chi connectivity index (χ4n) is 3.14. The average Bonchev–Trinajstić information content (AvgIpc) is 2.78. The van der Waals surface area contributed by atoms with Gasteiger partial charge in [0.25, 0.3) is 11.2 Å². The Kier molecular flexibility index (Phi) is 7.44. The number of ether oxygens (including phenoxy) is 2. The summed E-state index contributed by atoms with van der Waals surface area (Å²) in [5, 5.41) is 14.7. The number of nitrogens with zero attached hydrogens (tertiary/aromatic N) is 3. The summed E-state index contributed by atoms with van der Waals surface area (Å²) in [6.45, 7) is 2.12. The van der Waals surface area contributed by atoms with Gasteiger partial charge in [0, 0.05) is 7.11 Å². The van der Waals surface area contributed by atoms with Crippen LogP contribution in [0.4, 0.5) is 11.4 Å². The summed E-state index contributed by atoms with van der Waals surface area (Å²) in [5.41, 5.74) is 0.0658. The topological polar surface area (TPSA) is 126 Å². The molecule has 1 amide bonds. The van der Waals surface area contributed by atoms with Crippen molar-refractivity contribution in [3.8, 4) is 5.75 Å². The quantitative estimate of drug-likeness (QED) is 0.224. The van der Waals surface area contributed by atoms with Crippen molar-refractivity contribution in [3.63, 3.8) is 0 Å². The predicted molar refractivity (Wildman–Crippen MR) is 122 cm³/mol. The molecular weight excluding hydrogens is 436 g/mol. The van der Waals surface area contributed by atoms with Crippen LogP contribution in [0.2, 0.25) is 0 Å². The summed E-state index contributed by atoms with van der Waals surface area (Å²) in [6.07, 6.45) is 0. The van der Waals surface area contributed by atoms with Crippen LogP contribution in [0.3, 0.4) is 0 Å². The molecule has 0 aliphatic heterocycles. The van der Waals surface area contributed by atoms with Gasteiger partial charge in [-0.15, -0.1) is 0 Å². The van der Waals surface area contributed by atoms with E-state index in [9.17, 15) is 19.7 Å². The van der Waals surface area contributed by atoms with Crippen LogP contribution in [0.1, 0.15) is 13.0 Å². The molecule has 1 heterocycles. The third kappa shape index (κ3) is 5.06. The first-order valence-electron chi connectivity index (χ1n) is 9.61. The molecule has 0 spiro atoms. The first-order chi connectivity index (χ1) is 15.3. The number of nitrogens with one attached hydrogen (secondary N) is 1. The molecule has 3 aromatic rings. The van der Waals surface area contributed by atoms with Gasteiger partial charge in [0.05, 0.1) is 47.4 Å². The maximum Gasteiger partial charge on any atom is 0.296 e. The van der Waals surface area contributed by atoms with Crippen molar-refractivity contribution in [3.05, 3.63) is 62.9 Å². The van der Waals surface area contributed by atoms with Gasteiger partial charge in [0.15, 0.2) is 5.16 Å². The minimum absolute atomic E-state index is 0.0537. The van der Waals surface area contributed by atoms with E-state index in [0.717, 1.165) is 11.8 Å². The van der Waals surface area contributed by atoms with Crippen LogP contribution in [0.25, 0.3) is 10.9 Å². The molecule has 1 N–H and O–H groups in total. The van der Waals surface area contributed by atoms with E-state index in [0.29, 0.717) is 21.8 Å². The number of anilines is 1. The molecule has 2 aromatic carbocycles. The van der Waals surface area contributed by atoms with E-state index in [4.69, 9.17) is 9.47 Å². The molecule has 3 rings (SSSR count). The van der Waals surface area contributed by atoms with Crippen molar-refractivity contribution in [2.24, 2.45) is 0 Å². The Morgan fingerprint density at radius 1 is 1.28 bits per heavy atom. The summed E-state index contributed by atoms with van der Waals surface area (Å²) in [4.78, 5) is 40.9. The van der Waals surface area contributed by atoms with Crippen LogP contribution in [0.15, 0.2) is 52.4 Å². The largest absolute Gasteiger partial charge is 0.496 e. The van der Waals surface area contributed by atoms with Gasteiger partial charge in [-0.05, 0) is 31.2 Å². The lowest BCUT2D eigenvalue weighted by molar-refractivity contribution is -0.384. The first-order valence-corrected chi connectivity index (χ1v) is 10.6. The minimum Gasteiger partial charge on any atom is -0.496 e. The number of methoxy groups -OCH3 is 2. The molecule has 0 radical (unpaired) electrons. The van der Waals surface area contributed by atoms with E-state index >= 15 is 0 Å². The van der Waals surface area contributed by atoms with Gasteiger partial charge in [0.1, 0.15) is 11.4 Å². The van der Waals surface area contributed by atoms with Crippen LogP contribution in [0, 0.1) is 10.1 Å². The van der Waals surface area contributed by atoms with Crippen LogP contribution in [0.5, 0.6) is 5.75 Å². The van der Waals surface area contributed by atoms with E-state index in [2.05, 4.69) is 10.3 Å². The zero-order valence-corrected chi connectivity index (χ0v) is 18.5. The number of hydrogen-bond acceptors (Lipinski definition) is 8. The number of fused-ring (bicyclic) bond motifs is 1. The monoisotopic (exact) mass is 458 g/mol. The lowest BCUT2D eigenvalue weighted by atomic mass is 10.2. The number of amides is 1. The molecule has 1 atom stereocenters. The summed E-state index contributed by atoms with van der Waals surface area (Å²) in [5.74, 6) is -0.273. The smallest absolute Gasteiger partial charge is 0.296 e. The lowest BCUT2D eigenvalue weighted by Gasteiger charge is -2.18. The fourth-order valence-corrected chi connectivity index (χ4v) is 4.04. The van der Waals surface area contributed by atoms with Crippen molar-refractivity contribution in [1.82, 2.24) is 9.55 Å². The molecule has 32 heavy (non-hydrogen) atoms. The van der Waals surface area contributed by atoms with E-state index in [1.165, 1.54) is 37.0 Å². The molecule has 0 aliphatic carbocycles. The van der Waals surface area contributed by atoms with Crippen molar-refractivity contribution < 1.29 is 19.2 Å². The van der Waals surface area contributed by atoms with Crippen LogP contribution in [-0.2, 0) is 9.53 Å². The number of carbonyl (C=O) groups excluding carboxylic acids is 1. The molecular formula is C21H22N4O6S. The summed E-state index contributed by atoms with van der Waals surface area (Å²) in [6, 6.07) is 10.8. The highest BCUT2D eigenvalue weighted by molar-refractivity contribution is 7.99. The highest BCUT2D eigenvalue weighted by atomic mass is 32.2. The van der Waals surface area contributed by atoms with Gasteiger partial charge in [-0.3, -0.25) is 24.3 Å². The minimum atomic E-state index is -0.597. The molecule has 1 aromatic heterocycles. The number of nitro groups is 1. The zero-order valence-electron chi connectivity index (χ0n) is 17.7. The SMILES string of the molecule is COC[C@H](C)n1c(SCC(=O)Nc2ccc(OC)cc2[N+](=O)[O-])nc2ccccc2c1=O. The number of hydrogen-bond donors (Lipinski definition) is 1. The molecule has 0 saturated carbocycles. The molecule has 10 nitrogen and oxygen atoms in total. The average molecular weight is 458 g/mol. The van der Waals surface area contributed by atoms with Gasteiger partial charge < -0.3 is 14.8 Å². The summed E-state index contributed by atoms with van der Waals surface area (Å²) in [7, 11) is 2.94. The summed E-state index contributed by atoms with van der Waals surface area (Å²) >= 11 is 1.07. The fraction of sp³-hybridized carbons (Fsp3) is 0.286. The van der Waals surface area contributed by atoms with E-state index in [-0.39, 0.29) is 35.3 Å². The highest BCUT2D eigenvalue weighted by Gasteiger charge is 2.20. The molecule has 0 saturated heterocycles. The van der Waals surface area contributed by atoms with Crippen molar-refractivity contribution in [2.75, 3.05) is 31.9 Å². The maximum atomic E-state index is 13.0. The number of thioether (sulfide) groups is 1. The molecule has 0 fully saturated rings. The Balaban J connectivity index is 1.86. The Bertz CT molecular complexity index is 1210. The Morgan fingerprint density at radius 3 is 2.72 bits per heavy atom. The van der Waals surface area contributed by atoms with Gasteiger partial charge in [0.2, 0.25) is 5.91 Å². The van der Waals surface area contributed by atoms with E-state index in [1.54, 1.807) is 24.3 Å². The standard InChI is InChI=1S/C21H22N4O6S/c1-13(11-30-2)24-20(27)15-6-4-5-7-16(15)23-21(24)32-12-19(26)22-17-9-8-14(31-3)10-18(17)25(28)29/h4-10,13H,11-12H2,1-3H3,(H,22,26)/t13-/m0/s1. The van der Waals surface area contributed by atoms with Crippen molar-refractivity contribution >= 4 is 39.9 Å². The maximum absolute atomic E-state index is 13.0. The van der Waals surface area contributed by atoms with Gasteiger partial charge >= 0.3 is 0 Å². The predicted octanol–water partition coefficient (Wildman–Crippen LogP) is 3.25. The highest BCUT2D eigenvalue weighted by Crippen LogP contribution is 2.29. The van der Waals surface area contributed by atoms with E-state index < -0.39 is 10.8 Å². The number of nitro benzene ring substituents is 1. The third-order valence-corrected chi connectivity index (χ3v) is 5.58. The van der Waals surface area contributed by atoms with Gasteiger partial charge in [-0.25, -0.2) is 4.98 Å². The Hall–Kier alpha value is -3.44. The second kappa shape index (κ2) is 10.2. The number of carbonyl (C=O) groups is 1. The number of benzene rings is 2. The Labute approximate surface area is 187 Å². The normalized spacial score (nSPS) is 11.8. The number of para-hydroxylation sites is 1. The molecule has 11 heteroatoms. The molecule has 0 unspecified atom stereocenters. The van der Waals surface area contributed by atoms with Gasteiger partial charge in [-0.1, -0.05) is 23.9 Å². The number of aromatic nitrogens is 2. The third-order valence-electron chi connectivity index (χ3n) is 4.63. The van der Waals surface area contributed by atoms with Crippen molar-refractivity contribution in [1.29, 1.82) is 0 Å². The summed E-state index contributed by atoms with van der Waals surface area (Å²) < 4.78 is 11.7.